The predicted molar refractivity (Wildman–Crippen MR) is 106 cm³/mol. The molecule has 1 heterocycles. The Balaban J connectivity index is 1.61. The van der Waals surface area contributed by atoms with Crippen molar-refractivity contribution in [3.63, 3.8) is 0 Å². The van der Waals surface area contributed by atoms with E-state index in [4.69, 9.17) is 13.9 Å². The largest absolute Gasteiger partial charge is 0.497 e. The average molecular weight is 374 g/mol. The Kier molecular flexibility index (Phi) is 4.81. The number of carbonyl (C=O) groups is 1. The molecule has 5 nitrogen and oxygen atoms in total. The Morgan fingerprint density at radius 2 is 1.86 bits per heavy atom. The first-order chi connectivity index (χ1) is 13.6. The lowest BCUT2D eigenvalue weighted by Gasteiger charge is -2.10. The summed E-state index contributed by atoms with van der Waals surface area (Å²) in [6.07, 6.45) is 0.122. The van der Waals surface area contributed by atoms with Crippen molar-refractivity contribution in [2.24, 2.45) is 0 Å². The molecule has 0 unspecified atom stereocenters. The summed E-state index contributed by atoms with van der Waals surface area (Å²) < 4.78 is 16.0. The fraction of sp³-hybridized carbons (Fsp3) is 0.130. The van der Waals surface area contributed by atoms with Gasteiger partial charge in [0.05, 0.1) is 13.5 Å². The van der Waals surface area contributed by atoms with Gasteiger partial charge in [-0.05, 0) is 34.5 Å². The SMILES string of the molecule is COc1cccc(CC(=O)OCc2cc(=O)oc3ccc4ccccc4c23)c1. The van der Waals surface area contributed by atoms with E-state index in [9.17, 15) is 9.59 Å². The molecular formula is C23H18O5. The number of methoxy groups -OCH3 is 1. The summed E-state index contributed by atoms with van der Waals surface area (Å²) in [5.74, 6) is 0.304. The second kappa shape index (κ2) is 7.56. The van der Waals surface area contributed by atoms with Gasteiger partial charge in [-0.25, -0.2) is 4.79 Å². The fourth-order valence-corrected chi connectivity index (χ4v) is 3.29. The third-order valence-electron chi connectivity index (χ3n) is 4.59. The summed E-state index contributed by atoms with van der Waals surface area (Å²) in [6, 6.07) is 20.1. The lowest BCUT2D eigenvalue weighted by molar-refractivity contribution is -0.144. The van der Waals surface area contributed by atoms with Gasteiger partial charge in [-0.3, -0.25) is 4.79 Å². The number of hydrogen-bond acceptors (Lipinski definition) is 5. The molecule has 0 N–H and O–H groups in total. The molecule has 0 spiro atoms. The van der Waals surface area contributed by atoms with E-state index in [2.05, 4.69) is 0 Å². The van der Waals surface area contributed by atoms with Crippen LogP contribution in [0.15, 0.2) is 75.9 Å². The zero-order valence-electron chi connectivity index (χ0n) is 15.3. The molecule has 3 aromatic carbocycles. The van der Waals surface area contributed by atoms with Crippen LogP contribution in [0.3, 0.4) is 0 Å². The van der Waals surface area contributed by atoms with Crippen molar-refractivity contribution in [3.8, 4) is 5.75 Å². The topological polar surface area (TPSA) is 65.7 Å². The highest BCUT2D eigenvalue weighted by molar-refractivity contribution is 6.07. The molecule has 0 aliphatic carbocycles. The molecule has 1 aromatic heterocycles. The molecule has 0 aliphatic heterocycles. The summed E-state index contributed by atoms with van der Waals surface area (Å²) in [4.78, 5) is 24.2. The lowest BCUT2D eigenvalue weighted by Crippen LogP contribution is -2.10. The molecule has 4 aromatic rings. The minimum absolute atomic E-state index is 0.00108. The van der Waals surface area contributed by atoms with Crippen molar-refractivity contribution in [3.05, 3.63) is 88.3 Å². The minimum Gasteiger partial charge on any atom is -0.497 e. The van der Waals surface area contributed by atoms with Gasteiger partial charge in [-0.15, -0.1) is 0 Å². The maximum Gasteiger partial charge on any atom is 0.336 e. The molecule has 0 atom stereocenters. The van der Waals surface area contributed by atoms with Crippen LogP contribution in [0, 0.1) is 0 Å². The van der Waals surface area contributed by atoms with Gasteiger partial charge in [0.15, 0.2) is 0 Å². The van der Waals surface area contributed by atoms with Crippen LogP contribution in [0.25, 0.3) is 21.7 Å². The minimum atomic E-state index is -0.471. The summed E-state index contributed by atoms with van der Waals surface area (Å²) in [5.41, 5.74) is 1.43. The van der Waals surface area contributed by atoms with Crippen molar-refractivity contribution in [1.29, 1.82) is 0 Å². The van der Waals surface area contributed by atoms with Gasteiger partial charge in [0.1, 0.15) is 17.9 Å². The number of hydrogen-bond donors (Lipinski definition) is 0. The van der Waals surface area contributed by atoms with Crippen molar-refractivity contribution >= 4 is 27.7 Å². The monoisotopic (exact) mass is 374 g/mol. The third kappa shape index (κ3) is 3.60. The van der Waals surface area contributed by atoms with E-state index in [1.165, 1.54) is 6.07 Å². The van der Waals surface area contributed by atoms with Crippen LogP contribution < -0.4 is 10.4 Å². The van der Waals surface area contributed by atoms with Gasteiger partial charge in [0.25, 0.3) is 0 Å². The summed E-state index contributed by atoms with van der Waals surface area (Å²) in [6.45, 7) is -0.00108. The van der Waals surface area contributed by atoms with E-state index in [0.717, 1.165) is 21.7 Å². The number of benzene rings is 3. The van der Waals surface area contributed by atoms with Crippen molar-refractivity contribution in [1.82, 2.24) is 0 Å². The highest BCUT2D eigenvalue weighted by Crippen LogP contribution is 2.27. The van der Waals surface area contributed by atoms with Crippen LogP contribution in [0.1, 0.15) is 11.1 Å². The summed E-state index contributed by atoms with van der Waals surface area (Å²) in [7, 11) is 1.58. The third-order valence-corrected chi connectivity index (χ3v) is 4.59. The molecule has 0 aliphatic rings. The van der Waals surface area contributed by atoms with Crippen LogP contribution in [0.5, 0.6) is 5.75 Å². The highest BCUT2D eigenvalue weighted by Gasteiger charge is 2.12. The fourth-order valence-electron chi connectivity index (χ4n) is 3.29. The lowest BCUT2D eigenvalue weighted by atomic mass is 10.0. The maximum absolute atomic E-state index is 12.3. The summed E-state index contributed by atoms with van der Waals surface area (Å²) >= 11 is 0. The quantitative estimate of drug-likeness (QED) is 0.297. The normalized spacial score (nSPS) is 10.9. The predicted octanol–water partition coefficient (Wildman–Crippen LogP) is 4.24. The van der Waals surface area contributed by atoms with Crippen molar-refractivity contribution < 1.29 is 18.7 Å². The van der Waals surface area contributed by atoms with Crippen LogP contribution in [0.2, 0.25) is 0 Å². The molecule has 28 heavy (non-hydrogen) atoms. The van der Waals surface area contributed by atoms with Gasteiger partial charge < -0.3 is 13.9 Å². The van der Waals surface area contributed by atoms with Gasteiger partial charge in [0, 0.05) is 17.0 Å². The zero-order valence-corrected chi connectivity index (χ0v) is 15.3. The Morgan fingerprint density at radius 3 is 2.71 bits per heavy atom. The van der Waals surface area contributed by atoms with E-state index in [1.807, 2.05) is 48.5 Å². The van der Waals surface area contributed by atoms with E-state index in [1.54, 1.807) is 19.2 Å². The first-order valence-corrected chi connectivity index (χ1v) is 8.87. The Labute approximate surface area is 161 Å². The van der Waals surface area contributed by atoms with E-state index >= 15 is 0 Å². The molecule has 0 radical (unpaired) electrons. The Hall–Kier alpha value is -3.60. The second-order valence-corrected chi connectivity index (χ2v) is 6.44. The molecule has 140 valence electrons. The van der Waals surface area contributed by atoms with E-state index in [0.29, 0.717) is 16.9 Å². The smallest absolute Gasteiger partial charge is 0.336 e. The molecule has 4 rings (SSSR count). The number of fused-ring (bicyclic) bond motifs is 3. The van der Waals surface area contributed by atoms with Crippen molar-refractivity contribution in [2.75, 3.05) is 7.11 Å². The molecule has 0 saturated heterocycles. The first kappa shape index (κ1) is 17.8. The second-order valence-electron chi connectivity index (χ2n) is 6.44. The average Bonchev–Trinajstić information content (AvgIpc) is 2.71. The summed E-state index contributed by atoms with van der Waals surface area (Å²) in [5, 5.41) is 2.75. The number of rotatable bonds is 5. The standard InChI is InChI=1S/C23H18O5/c1-26-18-7-4-5-15(11-18)12-21(24)27-14-17-13-22(25)28-20-10-9-16-6-2-3-8-19(16)23(17)20/h2-11,13H,12,14H2,1H3. The van der Waals surface area contributed by atoms with Gasteiger partial charge in [-0.1, -0.05) is 42.5 Å². The van der Waals surface area contributed by atoms with Gasteiger partial charge in [0.2, 0.25) is 0 Å². The van der Waals surface area contributed by atoms with E-state index < -0.39 is 5.63 Å². The highest BCUT2D eigenvalue weighted by atomic mass is 16.5. The molecular weight excluding hydrogens is 356 g/mol. The Bertz CT molecular complexity index is 1220. The molecule has 0 amide bonds. The van der Waals surface area contributed by atoms with Crippen LogP contribution in [-0.2, 0) is 22.6 Å². The maximum atomic E-state index is 12.3. The van der Waals surface area contributed by atoms with E-state index in [-0.39, 0.29) is 19.0 Å². The van der Waals surface area contributed by atoms with Crippen LogP contribution in [-0.4, -0.2) is 13.1 Å². The van der Waals surface area contributed by atoms with Crippen molar-refractivity contribution in [2.45, 2.75) is 13.0 Å². The molecule has 0 fully saturated rings. The van der Waals surface area contributed by atoms with Crippen LogP contribution in [0.4, 0.5) is 0 Å². The molecule has 0 bridgehead atoms. The molecule has 5 heteroatoms. The number of esters is 1. The van der Waals surface area contributed by atoms with Gasteiger partial charge >= 0.3 is 11.6 Å². The van der Waals surface area contributed by atoms with Gasteiger partial charge in [-0.2, -0.15) is 0 Å². The number of carbonyl (C=O) groups excluding carboxylic acids is 1. The number of ether oxygens (including phenoxy) is 2. The zero-order chi connectivity index (χ0) is 19.5. The molecule has 0 saturated carbocycles. The van der Waals surface area contributed by atoms with Crippen LogP contribution >= 0.6 is 0 Å². The first-order valence-electron chi connectivity index (χ1n) is 8.87. The Morgan fingerprint density at radius 1 is 1.00 bits per heavy atom.